The summed E-state index contributed by atoms with van der Waals surface area (Å²) in [5, 5.41) is 9.42. The molecule has 0 saturated heterocycles. The number of H-pyrrole nitrogens is 1. The summed E-state index contributed by atoms with van der Waals surface area (Å²) in [6.45, 7) is 0. The minimum absolute atomic E-state index is 0.137. The molecule has 1 aromatic heterocycles. The van der Waals surface area contributed by atoms with Crippen molar-refractivity contribution in [2.24, 2.45) is 5.73 Å². The molecule has 21 heavy (non-hydrogen) atoms. The Bertz CT molecular complexity index is 673. The SMILES string of the molecule is NC(=O)Cc1ccc(NC(=O)c2n[nH]c(C3CC3)n2)cc1. The molecule has 4 N–H and O–H groups in total. The minimum Gasteiger partial charge on any atom is -0.369 e. The molecular formula is C14H15N5O2. The largest absolute Gasteiger partial charge is 0.369 e. The normalized spacial score (nSPS) is 13.9. The molecule has 1 heterocycles. The Labute approximate surface area is 121 Å². The predicted molar refractivity (Wildman–Crippen MR) is 75.7 cm³/mol. The maximum atomic E-state index is 12.0. The number of benzene rings is 1. The van der Waals surface area contributed by atoms with Gasteiger partial charge < -0.3 is 11.1 Å². The van der Waals surface area contributed by atoms with E-state index in [1.165, 1.54) is 0 Å². The fraction of sp³-hybridized carbons (Fsp3) is 0.286. The highest BCUT2D eigenvalue weighted by Gasteiger charge is 2.28. The lowest BCUT2D eigenvalue weighted by molar-refractivity contribution is -0.117. The van der Waals surface area contributed by atoms with Gasteiger partial charge in [-0.3, -0.25) is 14.7 Å². The quantitative estimate of drug-likeness (QED) is 0.759. The van der Waals surface area contributed by atoms with Crippen LogP contribution in [0.4, 0.5) is 5.69 Å². The van der Waals surface area contributed by atoms with Gasteiger partial charge in [0.2, 0.25) is 11.7 Å². The summed E-state index contributed by atoms with van der Waals surface area (Å²) in [5.74, 6) is 0.586. The molecule has 0 unspecified atom stereocenters. The average molecular weight is 285 g/mol. The zero-order valence-corrected chi connectivity index (χ0v) is 11.3. The summed E-state index contributed by atoms with van der Waals surface area (Å²) in [7, 11) is 0. The number of amides is 2. The number of hydrogen-bond acceptors (Lipinski definition) is 4. The molecule has 1 aliphatic carbocycles. The van der Waals surface area contributed by atoms with Crippen molar-refractivity contribution in [2.75, 3.05) is 5.32 Å². The molecule has 1 aliphatic rings. The molecule has 0 bridgehead atoms. The van der Waals surface area contributed by atoms with Gasteiger partial charge in [0.05, 0.1) is 6.42 Å². The van der Waals surface area contributed by atoms with Crippen LogP contribution in [-0.4, -0.2) is 27.0 Å². The van der Waals surface area contributed by atoms with Crippen molar-refractivity contribution in [3.05, 3.63) is 41.5 Å². The number of anilines is 1. The van der Waals surface area contributed by atoms with Crippen LogP contribution in [0.2, 0.25) is 0 Å². The lowest BCUT2D eigenvalue weighted by Gasteiger charge is -2.03. The van der Waals surface area contributed by atoms with Gasteiger partial charge in [-0.1, -0.05) is 12.1 Å². The van der Waals surface area contributed by atoms with Crippen molar-refractivity contribution in [1.29, 1.82) is 0 Å². The molecule has 0 radical (unpaired) electrons. The van der Waals surface area contributed by atoms with Crippen LogP contribution >= 0.6 is 0 Å². The number of primary amides is 1. The first-order chi connectivity index (χ1) is 10.1. The van der Waals surface area contributed by atoms with E-state index in [1.54, 1.807) is 24.3 Å². The van der Waals surface area contributed by atoms with Crippen molar-refractivity contribution >= 4 is 17.5 Å². The monoisotopic (exact) mass is 285 g/mol. The van der Waals surface area contributed by atoms with Gasteiger partial charge in [0.15, 0.2) is 0 Å². The lowest BCUT2D eigenvalue weighted by Crippen LogP contribution is -2.15. The predicted octanol–water partition coefficient (Wildman–Crippen LogP) is 0.962. The number of carbonyl (C=O) groups is 2. The molecule has 2 aromatic rings. The molecular weight excluding hydrogens is 270 g/mol. The molecule has 7 nitrogen and oxygen atoms in total. The van der Waals surface area contributed by atoms with Crippen LogP contribution < -0.4 is 11.1 Å². The van der Waals surface area contributed by atoms with Crippen LogP contribution in [0.5, 0.6) is 0 Å². The number of nitrogens with two attached hydrogens (primary N) is 1. The maximum Gasteiger partial charge on any atom is 0.295 e. The van der Waals surface area contributed by atoms with E-state index in [0.29, 0.717) is 11.6 Å². The number of aromatic nitrogens is 3. The Morgan fingerprint density at radius 2 is 2.00 bits per heavy atom. The zero-order valence-electron chi connectivity index (χ0n) is 11.3. The van der Waals surface area contributed by atoms with Crippen LogP contribution in [0.1, 0.15) is 40.8 Å². The third-order valence-electron chi connectivity index (χ3n) is 3.26. The molecule has 1 fully saturated rings. The fourth-order valence-corrected chi connectivity index (χ4v) is 2.01. The Morgan fingerprint density at radius 1 is 1.29 bits per heavy atom. The summed E-state index contributed by atoms with van der Waals surface area (Å²) in [5.41, 5.74) is 6.54. The second-order valence-electron chi connectivity index (χ2n) is 5.11. The van der Waals surface area contributed by atoms with Gasteiger partial charge in [-0.2, -0.15) is 0 Å². The summed E-state index contributed by atoms with van der Waals surface area (Å²) in [6, 6.07) is 6.91. The number of hydrogen-bond donors (Lipinski definition) is 3. The zero-order chi connectivity index (χ0) is 14.8. The minimum atomic E-state index is -0.389. The van der Waals surface area contributed by atoms with E-state index in [-0.39, 0.29) is 24.1 Å². The van der Waals surface area contributed by atoms with E-state index in [9.17, 15) is 9.59 Å². The number of aromatic amines is 1. The fourth-order valence-electron chi connectivity index (χ4n) is 2.01. The first-order valence-corrected chi connectivity index (χ1v) is 6.72. The van der Waals surface area contributed by atoms with E-state index in [2.05, 4.69) is 20.5 Å². The van der Waals surface area contributed by atoms with E-state index >= 15 is 0 Å². The Kier molecular flexibility index (Phi) is 3.39. The van der Waals surface area contributed by atoms with E-state index < -0.39 is 0 Å². The highest BCUT2D eigenvalue weighted by molar-refractivity contribution is 6.01. The molecule has 1 aromatic carbocycles. The Hall–Kier alpha value is -2.70. The van der Waals surface area contributed by atoms with Gasteiger partial charge in [-0.15, -0.1) is 5.10 Å². The molecule has 0 spiro atoms. The summed E-state index contributed by atoms with van der Waals surface area (Å²) < 4.78 is 0. The highest BCUT2D eigenvalue weighted by atomic mass is 16.2. The standard InChI is InChI=1S/C14H15N5O2/c15-11(20)7-8-1-5-10(6-2-8)16-14(21)13-17-12(18-19-13)9-3-4-9/h1-2,5-6,9H,3-4,7H2,(H2,15,20)(H,16,21)(H,17,18,19). The van der Waals surface area contributed by atoms with Crippen LogP contribution in [0, 0.1) is 0 Å². The van der Waals surface area contributed by atoms with Gasteiger partial charge in [-0.25, -0.2) is 4.98 Å². The number of nitrogens with zero attached hydrogens (tertiary/aromatic N) is 2. The molecule has 0 aliphatic heterocycles. The molecule has 3 rings (SSSR count). The first-order valence-electron chi connectivity index (χ1n) is 6.72. The van der Waals surface area contributed by atoms with Gasteiger partial charge in [0.25, 0.3) is 5.91 Å². The van der Waals surface area contributed by atoms with Crippen molar-refractivity contribution in [3.63, 3.8) is 0 Å². The summed E-state index contributed by atoms with van der Waals surface area (Å²) in [4.78, 5) is 27.0. The van der Waals surface area contributed by atoms with Gasteiger partial charge in [0, 0.05) is 11.6 Å². The van der Waals surface area contributed by atoms with E-state index in [1.807, 2.05) is 0 Å². The Morgan fingerprint density at radius 3 is 2.62 bits per heavy atom. The van der Waals surface area contributed by atoms with E-state index in [0.717, 1.165) is 24.2 Å². The van der Waals surface area contributed by atoms with Crippen molar-refractivity contribution in [2.45, 2.75) is 25.2 Å². The molecule has 0 atom stereocenters. The van der Waals surface area contributed by atoms with Gasteiger partial charge in [0.1, 0.15) is 5.82 Å². The number of carbonyl (C=O) groups excluding carboxylic acids is 2. The Balaban J connectivity index is 1.64. The van der Waals surface area contributed by atoms with Gasteiger partial charge in [-0.05, 0) is 30.5 Å². The molecule has 108 valence electrons. The summed E-state index contributed by atoms with van der Waals surface area (Å²) >= 11 is 0. The van der Waals surface area contributed by atoms with Crippen LogP contribution in [0.15, 0.2) is 24.3 Å². The second-order valence-corrected chi connectivity index (χ2v) is 5.11. The third-order valence-corrected chi connectivity index (χ3v) is 3.26. The van der Waals surface area contributed by atoms with Crippen molar-refractivity contribution in [3.8, 4) is 0 Å². The van der Waals surface area contributed by atoms with Crippen molar-refractivity contribution < 1.29 is 9.59 Å². The van der Waals surface area contributed by atoms with Crippen LogP contribution in [0.25, 0.3) is 0 Å². The number of rotatable bonds is 5. The third kappa shape index (κ3) is 3.25. The van der Waals surface area contributed by atoms with E-state index in [4.69, 9.17) is 5.73 Å². The number of nitrogens with one attached hydrogen (secondary N) is 2. The molecule has 7 heteroatoms. The van der Waals surface area contributed by atoms with Gasteiger partial charge >= 0.3 is 0 Å². The topological polar surface area (TPSA) is 114 Å². The summed E-state index contributed by atoms with van der Waals surface area (Å²) in [6.07, 6.45) is 2.37. The first kappa shape index (κ1) is 13.3. The average Bonchev–Trinajstić information content (AvgIpc) is 3.18. The lowest BCUT2D eigenvalue weighted by atomic mass is 10.1. The smallest absolute Gasteiger partial charge is 0.295 e. The van der Waals surface area contributed by atoms with Crippen LogP contribution in [0.3, 0.4) is 0 Å². The maximum absolute atomic E-state index is 12.0. The van der Waals surface area contributed by atoms with Crippen LogP contribution in [-0.2, 0) is 11.2 Å². The second kappa shape index (κ2) is 5.35. The van der Waals surface area contributed by atoms with Crippen molar-refractivity contribution in [1.82, 2.24) is 15.2 Å². The molecule has 1 saturated carbocycles. The highest BCUT2D eigenvalue weighted by Crippen LogP contribution is 2.37. The molecule has 2 amide bonds.